The van der Waals surface area contributed by atoms with Gasteiger partial charge in [0.05, 0.1) is 6.61 Å². The van der Waals surface area contributed by atoms with E-state index in [4.69, 9.17) is 5.11 Å². The molecule has 0 amide bonds. The van der Waals surface area contributed by atoms with Gasteiger partial charge in [-0.1, -0.05) is 36.4 Å². The van der Waals surface area contributed by atoms with Gasteiger partial charge in [-0.25, -0.2) is 0 Å². The van der Waals surface area contributed by atoms with Crippen molar-refractivity contribution in [3.8, 4) is 0 Å². The molecule has 1 aromatic carbocycles. The Bertz CT molecular complexity index is 312. The van der Waals surface area contributed by atoms with Gasteiger partial charge in [0.25, 0.3) is 0 Å². The maximum Gasteiger partial charge on any atom is 0.188 e. The summed E-state index contributed by atoms with van der Waals surface area (Å²) in [4.78, 5) is 11.6. The van der Waals surface area contributed by atoms with E-state index in [2.05, 4.69) is 0 Å². The molecule has 0 aliphatic carbocycles. The Hall–Kier alpha value is -1.41. The van der Waals surface area contributed by atoms with Crippen LogP contribution in [0.5, 0.6) is 0 Å². The van der Waals surface area contributed by atoms with Crippen molar-refractivity contribution in [2.24, 2.45) is 0 Å². The number of rotatable bonds is 3. The topological polar surface area (TPSA) is 37.3 Å². The second kappa shape index (κ2) is 4.58. The predicted molar refractivity (Wildman–Crippen MR) is 51.6 cm³/mol. The van der Waals surface area contributed by atoms with E-state index < -0.39 is 0 Å². The van der Waals surface area contributed by atoms with Crippen LogP contribution in [-0.4, -0.2) is 17.5 Å². The number of benzene rings is 1. The lowest BCUT2D eigenvalue weighted by molar-refractivity contribution is 0.103. The third-order valence-corrected chi connectivity index (χ3v) is 1.79. The number of allylic oxidation sites excluding steroid dienone is 1. The van der Waals surface area contributed by atoms with Crippen LogP contribution in [0.1, 0.15) is 17.3 Å². The highest BCUT2D eigenvalue weighted by atomic mass is 16.2. The molecule has 0 aliphatic heterocycles. The van der Waals surface area contributed by atoms with Crippen LogP contribution in [0, 0.1) is 0 Å². The summed E-state index contributed by atoms with van der Waals surface area (Å²) in [6.45, 7) is 1.61. The van der Waals surface area contributed by atoms with Gasteiger partial charge in [-0.05, 0) is 12.5 Å². The van der Waals surface area contributed by atoms with Crippen LogP contribution in [0.3, 0.4) is 0 Å². The molecule has 0 fully saturated rings. The fourth-order valence-electron chi connectivity index (χ4n) is 1.05. The number of carbonyl (C=O) groups is 1. The third kappa shape index (κ3) is 2.53. The van der Waals surface area contributed by atoms with Gasteiger partial charge < -0.3 is 5.11 Å². The van der Waals surface area contributed by atoms with Gasteiger partial charge in [0.1, 0.15) is 0 Å². The molecule has 1 N–H and O–H groups in total. The van der Waals surface area contributed by atoms with Crippen molar-refractivity contribution in [3.63, 3.8) is 0 Å². The molecule has 0 atom stereocenters. The lowest BCUT2D eigenvalue weighted by Crippen LogP contribution is -2.00. The largest absolute Gasteiger partial charge is 0.392 e. The summed E-state index contributed by atoms with van der Waals surface area (Å²) < 4.78 is 0. The van der Waals surface area contributed by atoms with Gasteiger partial charge in [-0.15, -0.1) is 0 Å². The molecule has 13 heavy (non-hydrogen) atoms. The van der Waals surface area contributed by atoms with Gasteiger partial charge in [-0.2, -0.15) is 0 Å². The standard InChI is InChI=1S/C11H12O2/c1-9(7-8-12)11(13)10-5-3-2-4-6-10/h2-7,12H,8H2,1H3/b9-7-. The van der Waals surface area contributed by atoms with Gasteiger partial charge in [-0.3, -0.25) is 4.79 Å². The van der Waals surface area contributed by atoms with Crippen molar-refractivity contribution < 1.29 is 9.90 Å². The zero-order chi connectivity index (χ0) is 9.68. The normalized spacial score (nSPS) is 11.4. The molecular formula is C11H12O2. The maximum atomic E-state index is 11.6. The van der Waals surface area contributed by atoms with E-state index in [1.807, 2.05) is 18.2 Å². The summed E-state index contributed by atoms with van der Waals surface area (Å²) in [6.07, 6.45) is 1.51. The Morgan fingerprint density at radius 2 is 2.00 bits per heavy atom. The molecule has 0 aliphatic rings. The van der Waals surface area contributed by atoms with Crippen molar-refractivity contribution in [2.45, 2.75) is 6.92 Å². The quantitative estimate of drug-likeness (QED) is 0.563. The lowest BCUT2D eigenvalue weighted by Gasteiger charge is -1.99. The molecule has 0 saturated carbocycles. The van der Waals surface area contributed by atoms with E-state index >= 15 is 0 Å². The van der Waals surface area contributed by atoms with Gasteiger partial charge >= 0.3 is 0 Å². The highest BCUT2D eigenvalue weighted by molar-refractivity contribution is 6.08. The summed E-state index contributed by atoms with van der Waals surface area (Å²) in [5.74, 6) is -0.0327. The van der Waals surface area contributed by atoms with Crippen LogP contribution in [0.2, 0.25) is 0 Å². The van der Waals surface area contributed by atoms with Gasteiger partial charge in [0.15, 0.2) is 5.78 Å². The van der Waals surface area contributed by atoms with Crippen molar-refractivity contribution in [3.05, 3.63) is 47.5 Å². The minimum absolute atomic E-state index is 0.0327. The van der Waals surface area contributed by atoms with E-state index in [1.165, 1.54) is 6.08 Å². The Balaban J connectivity index is 2.86. The van der Waals surface area contributed by atoms with Crippen molar-refractivity contribution in [2.75, 3.05) is 6.61 Å². The number of carbonyl (C=O) groups excluding carboxylic acids is 1. The molecule has 0 heterocycles. The average Bonchev–Trinajstić information content (AvgIpc) is 2.18. The van der Waals surface area contributed by atoms with E-state index in [1.54, 1.807) is 19.1 Å². The first kappa shape index (κ1) is 9.68. The van der Waals surface area contributed by atoms with Crippen LogP contribution in [0.4, 0.5) is 0 Å². The lowest BCUT2D eigenvalue weighted by atomic mass is 10.1. The number of ketones is 1. The average molecular weight is 176 g/mol. The molecule has 68 valence electrons. The molecule has 0 saturated heterocycles. The molecule has 2 heteroatoms. The fourth-order valence-corrected chi connectivity index (χ4v) is 1.05. The summed E-state index contributed by atoms with van der Waals surface area (Å²) in [5.41, 5.74) is 1.23. The van der Waals surface area contributed by atoms with E-state index in [-0.39, 0.29) is 12.4 Å². The Morgan fingerprint density at radius 1 is 1.38 bits per heavy atom. The molecule has 0 radical (unpaired) electrons. The zero-order valence-electron chi connectivity index (χ0n) is 7.53. The number of aliphatic hydroxyl groups is 1. The van der Waals surface area contributed by atoms with Crippen LogP contribution < -0.4 is 0 Å². The monoisotopic (exact) mass is 176 g/mol. The SMILES string of the molecule is C/C(=C/CO)C(=O)c1ccccc1. The highest BCUT2D eigenvalue weighted by Gasteiger charge is 2.05. The Labute approximate surface area is 77.5 Å². The highest BCUT2D eigenvalue weighted by Crippen LogP contribution is 2.06. The minimum Gasteiger partial charge on any atom is -0.392 e. The van der Waals surface area contributed by atoms with Gasteiger partial charge in [0, 0.05) is 5.56 Å². The first-order valence-electron chi connectivity index (χ1n) is 4.13. The van der Waals surface area contributed by atoms with Crippen LogP contribution in [0.15, 0.2) is 42.0 Å². The Kier molecular flexibility index (Phi) is 3.41. The van der Waals surface area contributed by atoms with E-state index in [0.29, 0.717) is 11.1 Å². The molecule has 0 aromatic heterocycles. The smallest absolute Gasteiger partial charge is 0.188 e. The summed E-state index contributed by atoms with van der Waals surface area (Å²) in [5, 5.41) is 8.60. The minimum atomic E-state index is -0.0929. The second-order valence-electron chi connectivity index (χ2n) is 2.76. The van der Waals surface area contributed by atoms with E-state index in [0.717, 1.165) is 0 Å². The molecule has 1 aromatic rings. The zero-order valence-corrected chi connectivity index (χ0v) is 7.53. The number of aliphatic hydroxyl groups excluding tert-OH is 1. The summed E-state index contributed by atoms with van der Waals surface area (Å²) >= 11 is 0. The first-order valence-corrected chi connectivity index (χ1v) is 4.13. The van der Waals surface area contributed by atoms with Crippen LogP contribution in [-0.2, 0) is 0 Å². The van der Waals surface area contributed by atoms with Crippen LogP contribution in [0.25, 0.3) is 0 Å². The van der Waals surface area contributed by atoms with Crippen molar-refractivity contribution >= 4 is 5.78 Å². The maximum absolute atomic E-state index is 11.6. The van der Waals surface area contributed by atoms with Crippen molar-refractivity contribution in [1.29, 1.82) is 0 Å². The van der Waals surface area contributed by atoms with Gasteiger partial charge in [0.2, 0.25) is 0 Å². The fraction of sp³-hybridized carbons (Fsp3) is 0.182. The second-order valence-corrected chi connectivity index (χ2v) is 2.76. The van der Waals surface area contributed by atoms with Crippen molar-refractivity contribution in [1.82, 2.24) is 0 Å². The summed E-state index contributed by atoms with van der Waals surface area (Å²) in [7, 11) is 0. The molecule has 0 bridgehead atoms. The Morgan fingerprint density at radius 3 is 2.54 bits per heavy atom. The number of hydrogen-bond acceptors (Lipinski definition) is 2. The molecule has 0 unspecified atom stereocenters. The predicted octanol–water partition coefficient (Wildman–Crippen LogP) is 1.81. The number of Topliss-reactive ketones (excluding diaryl/α,β-unsaturated/α-hetero) is 1. The molecule has 1 rings (SSSR count). The molecular weight excluding hydrogens is 164 g/mol. The van der Waals surface area contributed by atoms with Crippen LogP contribution >= 0.6 is 0 Å². The summed E-state index contributed by atoms with van der Waals surface area (Å²) in [6, 6.07) is 9.02. The molecule has 0 spiro atoms. The van der Waals surface area contributed by atoms with E-state index in [9.17, 15) is 4.79 Å². The first-order chi connectivity index (χ1) is 6.25. The molecule has 2 nitrogen and oxygen atoms in total. The number of hydrogen-bond donors (Lipinski definition) is 1. The third-order valence-electron chi connectivity index (χ3n) is 1.79.